The minimum absolute atomic E-state index is 0.195. The van der Waals surface area contributed by atoms with Crippen molar-refractivity contribution in [2.75, 3.05) is 11.8 Å². The van der Waals surface area contributed by atoms with E-state index in [1.807, 2.05) is 0 Å². The van der Waals surface area contributed by atoms with Crippen LogP contribution in [-0.2, 0) is 14.8 Å². The van der Waals surface area contributed by atoms with E-state index in [2.05, 4.69) is 4.72 Å². The van der Waals surface area contributed by atoms with E-state index >= 15 is 0 Å². The SMILES string of the molecule is COC(=O)c1cc2cc(NS(=O)(=O)c3ccccc3)ccc2s1. The van der Waals surface area contributed by atoms with Gasteiger partial charge in [0, 0.05) is 10.4 Å². The summed E-state index contributed by atoms with van der Waals surface area (Å²) in [6.45, 7) is 0. The van der Waals surface area contributed by atoms with Crippen molar-refractivity contribution in [2.45, 2.75) is 4.90 Å². The molecule has 0 aliphatic rings. The van der Waals surface area contributed by atoms with Gasteiger partial charge in [0.1, 0.15) is 4.88 Å². The van der Waals surface area contributed by atoms with Crippen LogP contribution in [0.2, 0.25) is 0 Å². The molecule has 0 radical (unpaired) electrons. The summed E-state index contributed by atoms with van der Waals surface area (Å²) in [5, 5.41) is 0.781. The van der Waals surface area contributed by atoms with E-state index in [0.29, 0.717) is 10.6 Å². The van der Waals surface area contributed by atoms with Crippen molar-refractivity contribution in [1.29, 1.82) is 0 Å². The molecule has 7 heteroatoms. The van der Waals surface area contributed by atoms with Crippen LogP contribution in [0.25, 0.3) is 10.1 Å². The summed E-state index contributed by atoms with van der Waals surface area (Å²) >= 11 is 1.30. The monoisotopic (exact) mass is 347 g/mol. The van der Waals surface area contributed by atoms with Gasteiger partial charge in [-0.3, -0.25) is 4.72 Å². The maximum atomic E-state index is 12.3. The fourth-order valence-electron chi connectivity index (χ4n) is 2.12. The lowest BCUT2D eigenvalue weighted by Gasteiger charge is -2.07. The number of carbonyl (C=O) groups is 1. The quantitative estimate of drug-likeness (QED) is 0.733. The molecule has 0 saturated carbocycles. The van der Waals surface area contributed by atoms with Crippen molar-refractivity contribution < 1.29 is 17.9 Å². The maximum absolute atomic E-state index is 12.3. The molecule has 0 amide bonds. The van der Waals surface area contributed by atoms with E-state index in [0.717, 1.165) is 10.1 Å². The zero-order valence-corrected chi connectivity index (χ0v) is 13.8. The number of methoxy groups -OCH3 is 1. The molecule has 1 aromatic heterocycles. The van der Waals surface area contributed by atoms with Crippen molar-refractivity contribution in [2.24, 2.45) is 0 Å². The van der Waals surface area contributed by atoms with Gasteiger partial charge in [0.2, 0.25) is 0 Å². The number of hydrogen-bond acceptors (Lipinski definition) is 5. The number of hydrogen-bond donors (Lipinski definition) is 1. The Balaban J connectivity index is 1.93. The number of rotatable bonds is 4. The normalized spacial score (nSPS) is 11.3. The Hall–Kier alpha value is -2.38. The predicted octanol–water partition coefficient (Wildman–Crippen LogP) is 3.49. The molecule has 0 fully saturated rings. The second-order valence-corrected chi connectivity index (χ2v) is 7.54. The molecule has 118 valence electrons. The molecule has 2 aromatic carbocycles. The maximum Gasteiger partial charge on any atom is 0.348 e. The fourth-order valence-corrected chi connectivity index (χ4v) is 4.15. The number of anilines is 1. The fraction of sp³-hybridized carbons (Fsp3) is 0.0625. The number of nitrogens with one attached hydrogen (secondary N) is 1. The molecule has 0 aliphatic carbocycles. The van der Waals surface area contributed by atoms with E-state index < -0.39 is 16.0 Å². The lowest BCUT2D eigenvalue weighted by atomic mass is 10.2. The van der Waals surface area contributed by atoms with Gasteiger partial charge >= 0.3 is 5.97 Å². The van der Waals surface area contributed by atoms with Crippen molar-refractivity contribution in [3.63, 3.8) is 0 Å². The molecule has 3 rings (SSSR count). The smallest absolute Gasteiger partial charge is 0.348 e. The Labute approximate surface area is 137 Å². The molecule has 0 spiro atoms. The largest absolute Gasteiger partial charge is 0.465 e. The molecule has 0 bridgehead atoms. The summed E-state index contributed by atoms with van der Waals surface area (Å²) < 4.78 is 32.7. The highest BCUT2D eigenvalue weighted by molar-refractivity contribution is 7.92. The van der Waals surface area contributed by atoms with Crippen LogP contribution in [0, 0.1) is 0 Å². The number of benzene rings is 2. The lowest BCUT2D eigenvalue weighted by Crippen LogP contribution is -2.12. The second-order valence-electron chi connectivity index (χ2n) is 4.77. The first-order valence-corrected chi connectivity index (χ1v) is 8.99. The topological polar surface area (TPSA) is 72.5 Å². The summed E-state index contributed by atoms with van der Waals surface area (Å²) in [5.41, 5.74) is 0.440. The van der Waals surface area contributed by atoms with Gasteiger partial charge in [-0.15, -0.1) is 11.3 Å². The molecule has 5 nitrogen and oxygen atoms in total. The van der Waals surface area contributed by atoms with Gasteiger partial charge < -0.3 is 4.74 Å². The number of fused-ring (bicyclic) bond motifs is 1. The van der Waals surface area contributed by atoms with Crippen LogP contribution in [-0.4, -0.2) is 21.5 Å². The average molecular weight is 347 g/mol. The average Bonchev–Trinajstić information content (AvgIpc) is 2.98. The summed E-state index contributed by atoms with van der Waals surface area (Å²) in [5.74, 6) is -0.405. The Morgan fingerprint density at radius 2 is 1.83 bits per heavy atom. The van der Waals surface area contributed by atoms with Gasteiger partial charge in [-0.25, -0.2) is 13.2 Å². The number of sulfonamides is 1. The third-order valence-corrected chi connectivity index (χ3v) is 5.70. The number of carbonyl (C=O) groups excluding carboxylic acids is 1. The molecule has 0 atom stereocenters. The van der Waals surface area contributed by atoms with E-state index in [9.17, 15) is 13.2 Å². The van der Waals surface area contributed by atoms with Gasteiger partial charge in [0.25, 0.3) is 10.0 Å². The van der Waals surface area contributed by atoms with Crippen LogP contribution in [0.1, 0.15) is 9.67 Å². The van der Waals surface area contributed by atoms with Gasteiger partial charge in [-0.1, -0.05) is 18.2 Å². The molecule has 23 heavy (non-hydrogen) atoms. The standard InChI is InChI=1S/C16H13NO4S2/c1-21-16(18)15-10-11-9-12(7-8-14(11)22-15)17-23(19,20)13-5-3-2-4-6-13/h2-10,17H,1H3. The zero-order valence-electron chi connectivity index (χ0n) is 12.1. The van der Waals surface area contributed by atoms with Crippen LogP contribution >= 0.6 is 11.3 Å². The van der Waals surface area contributed by atoms with Crippen LogP contribution in [0.15, 0.2) is 59.5 Å². The van der Waals surface area contributed by atoms with E-state index in [1.54, 1.807) is 42.5 Å². The molecule has 0 aliphatic heterocycles. The Morgan fingerprint density at radius 3 is 2.52 bits per heavy atom. The first-order chi connectivity index (χ1) is 11.0. The van der Waals surface area contributed by atoms with Crippen molar-refractivity contribution in [3.05, 3.63) is 59.5 Å². The Bertz CT molecular complexity index is 962. The third kappa shape index (κ3) is 3.20. The summed E-state index contributed by atoms with van der Waals surface area (Å²) in [4.78, 5) is 12.2. The van der Waals surface area contributed by atoms with Gasteiger partial charge in [-0.2, -0.15) is 0 Å². The first kappa shape index (κ1) is 15.5. The Kier molecular flexibility index (Phi) is 4.06. The van der Waals surface area contributed by atoms with Crippen molar-refractivity contribution in [3.8, 4) is 0 Å². The number of thiophene rings is 1. The first-order valence-electron chi connectivity index (χ1n) is 6.69. The number of esters is 1. The van der Waals surface area contributed by atoms with Gasteiger partial charge in [-0.05, 0) is 41.8 Å². The van der Waals surface area contributed by atoms with Crippen LogP contribution in [0.5, 0.6) is 0 Å². The summed E-state index contributed by atoms with van der Waals surface area (Å²) in [7, 11) is -2.31. The lowest BCUT2D eigenvalue weighted by molar-refractivity contribution is 0.0606. The van der Waals surface area contributed by atoms with Gasteiger partial charge in [0.05, 0.1) is 12.0 Å². The molecule has 0 unspecified atom stereocenters. The molecule has 1 heterocycles. The summed E-state index contributed by atoms with van der Waals surface area (Å²) in [6, 6.07) is 15.0. The highest BCUT2D eigenvalue weighted by atomic mass is 32.2. The van der Waals surface area contributed by atoms with Crippen LogP contribution < -0.4 is 4.72 Å². The summed E-state index contributed by atoms with van der Waals surface area (Å²) in [6.07, 6.45) is 0. The zero-order chi connectivity index (χ0) is 16.4. The highest BCUT2D eigenvalue weighted by Gasteiger charge is 2.15. The van der Waals surface area contributed by atoms with E-state index in [-0.39, 0.29) is 4.90 Å². The Morgan fingerprint density at radius 1 is 1.09 bits per heavy atom. The molecule has 3 aromatic rings. The molecule has 1 N–H and O–H groups in total. The molecule has 0 saturated heterocycles. The van der Waals surface area contributed by atoms with Crippen molar-refractivity contribution in [1.82, 2.24) is 0 Å². The molecular formula is C16H13NO4S2. The minimum atomic E-state index is -3.63. The highest BCUT2D eigenvalue weighted by Crippen LogP contribution is 2.29. The second kappa shape index (κ2) is 6.02. The third-order valence-electron chi connectivity index (χ3n) is 3.21. The number of ether oxygens (including phenoxy) is 1. The van der Waals surface area contributed by atoms with Gasteiger partial charge in [0.15, 0.2) is 0 Å². The van der Waals surface area contributed by atoms with E-state index in [1.165, 1.54) is 30.6 Å². The molecular weight excluding hydrogens is 334 g/mol. The van der Waals surface area contributed by atoms with Crippen molar-refractivity contribution >= 4 is 43.1 Å². The van der Waals surface area contributed by atoms with Crippen LogP contribution in [0.3, 0.4) is 0 Å². The minimum Gasteiger partial charge on any atom is -0.465 e. The van der Waals surface area contributed by atoms with E-state index in [4.69, 9.17) is 4.74 Å². The predicted molar refractivity (Wildman–Crippen MR) is 90.4 cm³/mol. The van der Waals surface area contributed by atoms with Crippen LogP contribution in [0.4, 0.5) is 5.69 Å².